The lowest BCUT2D eigenvalue weighted by Crippen LogP contribution is -2.33. The number of carbonyl (C=O) groups excluding carboxylic acids is 1. The molecule has 3 aromatic rings. The Morgan fingerprint density at radius 2 is 1.82 bits per heavy atom. The number of aryl methyl sites for hydroxylation is 1. The molecular weight excluding hydrogens is 422 g/mol. The minimum Gasteiger partial charge on any atom is -0.496 e. The van der Waals surface area contributed by atoms with E-state index >= 15 is 0 Å². The Kier molecular flexibility index (Phi) is 5.58. The maximum atomic E-state index is 13.4. The highest BCUT2D eigenvalue weighted by Crippen LogP contribution is 2.44. The van der Waals surface area contributed by atoms with Crippen LogP contribution in [-0.2, 0) is 19.4 Å². The van der Waals surface area contributed by atoms with Crippen molar-refractivity contribution < 1.29 is 23.7 Å². The van der Waals surface area contributed by atoms with Crippen molar-refractivity contribution in [2.24, 2.45) is 0 Å². The van der Waals surface area contributed by atoms with Crippen molar-refractivity contribution in [2.75, 3.05) is 34.5 Å². The number of nitrogens with one attached hydrogen (secondary N) is 1. The van der Waals surface area contributed by atoms with Crippen LogP contribution in [0.25, 0.3) is 11.1 Å². The zero-order chi connectivity index (χ0) is 22.9. The van der Waals surface area contributed by atoms with Crippen LogP contribution in [0.5, 0.6) is 23.0 Å². The molecule has 0 atom stereocenters. The molecule has 1 aliphatic heterocycles. The third-order valence-corrected chi connectivity index (χ3v) is 6.33. The fraction of sp³-hybridized carbons (Fsp3) is 0.360. The number of benzene rings is 2. The Labute approximate surface area is 192 Å². The van der Waals surface area contributed by atoms with Crippen LogP contribution in [-0.4, -0.2) is 55.5 Å². The van der Waals surface area contributed by atoms with Gasteiger partial charge in [-0.2, -0.15) is 5.10 Å². The van der Waals surface area contributed by atoms with Crippen LogP contribution in [0.4, 0.5) is 0 Å². The standard InChI is InChI=1S/C25H27N3O5/c1-30-19-8-5-9-20(31-2)22(19)15-12-16-14-28(10-11-33-24(16)21(13-15)32-3)25(29)23-17-6-4-7-18(17)26-27-23/h5,8-9,12-13H,4,6-7,10-11,14H2,1-3H3,(H,26,27). The smallest absolute Gasteiger partial charge is 0.275 e. The Morgan fingerprint density at radius 3 is 2.55 bits per heavy atom. The van der Waals surface area contributed by atoms with Gasteiger partial charge in [0.15, 0.2) is 17.2 Å². The van der Waals surface area contributed by atoms with E-state index in [1.54, 1.807) is 26.2 Å². The maximum absolute atomic E-state index is 13.4. The molecule has 8 nitrogen and oxygen atoms in total. The second-order valence-electron chi connectivity index (χ2n) is 8.16. The fourth-order valence-corrected chi connectivity index (χ4v) is 4.73. The summed E-state index contributed by atoms with van der Waals surface area (Å²) in [5, 5.41) is 7.37. The molecule has 5 rings (SSSR count). The van der Waals surface area contributed by atoms with Gasteiger partial charge in [-0.25, -0.2) is 0 Å². The predicted molar refractivity (Wildman–Crippen MR) is 122 cm³/mol. The van der Waals surface area contributed by atoms with Gasteiger partial charge in [-0.15, -0.1) is 0 Å². The number of aromatic amines is 1. The summed E-state index contributed by atoms with van der Waals surface area (Å²) in [5.74, 6) is 2.55. The molecule has 0 spiro atoms. The SMILES string of the molecule is COc1cc(-c2c(OC)cccc2OC)cc2c1OCCN(C(=O)c1n[nH]c3c1CCC3)C2. The van der Waals surface area contributed by atoms with Gasteiger partial charge >= 0.3 is 0 Å². The van der Waals surface area contributed by atoms with Crippen LogP contribution in [0.15, 0.2) is 30.3 Å². The van der Waals surface area contributed by atoms with Gasteiger partial charge < -0.3 is 23.8 Å². The molecule has 1 amide bonds. The number of aromatic nitrogens is 2. The third kappa shape index (κ3) is 3.65. The average molecular weight is 450 g/mol. The molecule has 33 heavy (non-hydrogen) atoms. The average Bonchev–Trinajstić information content (AvgIpc) is 3.40. The van der Waals surface area contributed by atoms with E-state index < -0.39 is 0 Å². The number of fused-ring (bicyclic) bond motifs is 2. The zero-order valence-corrected chi connectivity index (χ0v) is 19.1. The highest BCUT2D eigenvalue weighted by Gasteiger charge is 2.30. The molecule has 0 saturated carbocycles. The van der Waals surface area contributed by atoms with E-state index in [0.717, 1.165) is 47.2 Å². The molecule has 1 N–H and O–H groups in total. The van der Waals surface area contributed by atoms with Crippen molar-refractivity contribution in [3.8, 4) is 34.1 Å². The highest BCUT2D eigenvalue weighted by molar-refractivity contribution is 5.94. The van der Waals surface area contributed by atoms with E-state index in [9.17, 15) is 4.79 Å². The molecule has 0 unspecified atom stereocenters. The summed E-state index contributed by atoms with van der Waals surface area (Å²) in [6.45, 7) is 1.22. The number of nitrogens with zero attached hydrogens (tertiary/aromatic N) is 2. The molecule has 1 aliphatic carbocycles. The molecule has 1 aromatic heterocycles. The Morgan fingerprint density at radius 1 is 1.06 bits per heavy atom. The number of hydrogen-bond donors (Lipinski definition) is 1. The zero-order valence-electron chi connectivity index (χ0n) is 19.1. The summed E-state index contributed by atoms with van der Waals surface area (Å²) < 4.78 is 22.9. The second kappa shape index (κ2) is 8.69. The summed E-state index contributed by atoms with van der Waals surface area (Å²) in [4.78, 5) is 15.2. The van der Waals surface area contributed by atoms with E-state index in [1.165, 1.54) is 0 Å². The second-order valence-corrected chi connectivity index (χ2v) is 8.16. The molecule has 2 aliphatic rings. The van der Waals surface area contributed by atoms with Crippen LogP contribution in [0.3, 0.4) is 0 Å². The van der Waals surface area contributed by atoms with Crippen molar-refractivity contribution in [1.29, 1.82) is 0 Å². The molecule has 0 bridgehead atoms. The van der Waals surface area contributed by atoms with Gasteiger partial charge in [0, 0.05) is 23.4 Å². The summed E-state index contributed by atoms with van der Waals surface area (Å²) in [6, 6.07) is 9.59. The monoisotopic (exact) mass is 449 g/mol. The van der Waals surface area contributed by atoms with Crippen LogP contribution < -0.4 is 18.9 Å². The molecule has 2 heterocycles. The van der Waals surface area contributed by atoms with Gasteiger partial charge in [-0.3, -0.25) is 9.89 Å². The summed E-state index contributed by atoms with van der Waals surface area (Å²) in [6.07, 6.45) is 2.89. The van der Waals surface area contributed by atoms with Gasteiger partial charge in [0.05, 0.1) is 33.4 Å². The van der Waals surface area contributed by atoms with Crippen molar-refractivity contribution in [3.05, 3.63) is 52.8 Å². The molecule has 0 saturated heterocycles. The first kappa shape index (κ1) is 21.2. The number of H-pyrrole nitrogens is 1. The summed E-state index contributed by atoms with van der Waals surface area (Å²) >= 11 is 0. The quantitative estimate of drug-likeness (QED) is 0.640. The van der Waals surface area contributed by atoms with Crippen molar-refractivity contribution in [2.45, 2.75) is 25.8 Å². The number of rotatable bonds is 5. The fourth-order valence-electron chi connectivity index (χ4n) is 4.73. The van der Waals surface area contributed by atoms with E-state index in [0.29, 0.717) is 48.4 Å². The van der Waals surface area contributed by atoms with Gasteiger partial charge in [0.1, 0.15) is 18.1 Å². The number of methoxy groups -OCH3 is 3. The van der Waals surface area contributed by atoms with Crippen LogP contribution in [0, 0.1) is 0 Å². The van der Waals surface area contributed by atoms with Crippen LogP contribution in [0.2, 0.25) is 0 Å². The Balaban J connectivity index is 1.56. The van der Waals surface area contributed by atoms with Gasteiger partial charge in [0.2, 0.25) is 0 Å². The van der Waals surface area contributed by atoms with Crippen LogP contribution >= 0.6 is 0 Å². The Bertz CT molecular complexity index is 1180. The van der Waals surface area contributed by atoms with E-state index in [2.05, 4.69) is 10.2 Å². The number of carbonyl (C=O) groups is 1. The van der Waals surface area contributed by atoms with Crippen molar-refractivity contribution >= 4 is 5.91 Å². The van der Waals surface area contributed by atoms with Crippen LogP contribution in [0.1, 0.15) is 33.7 Å². The van der Waals surface area contributed by atoms with E-state index in [4.69, 9.17) is 18.9 Å². The molecule has 0 radical (unpaired) electrons. The highest BCUT2D eigenvalue weighted by atomic mass is 16.5. The van der Waals surface area contributed by atoms with Crippen molar-refractivity contribution in [1.82, 2.24) is 15.1 Å². The van der Waals surface area contributed by atoms with Gasteiger partial charge in [-0.1, -0.05) is 6.07 Å². The molecule has 2 aromatic carbocycles. The lowest BCUT2D eigenvalue weighted by atomic mass is 9.99. The third-order valence-electron chi connectivity index (χ3n) is 6.33. The number of amides is 1. The molecule has 8 heteroatoms. The largest absolute Gasteiger partial charge is 0.496 e. The number of hydrogen-bond acceptors (Lipinski definition) is 6. The van der Waals surface area contributed by atoms with Gasteiger partial charge in [0.25, 0.3) is 5.91 Å². The normalized spacial score (nSPS) is 14.7. The summed E-state index contributed by atoms with van der Waals surface area (Å²) in [7, 11) is 4.87. The van der Waals surface area contributed by atoms with Gasteiger partial charge in [-0.05, 0) is 49.1 Å². The minimum atomic E-state index is -0.0786. The lowest BCUT2D eigenvalue weighted by Gasteiger charge is -2.20. The lowest BCUT2D eigenvalue weighted by molar-refractivity contribution is 0.0726. The first-order valence-electron chi connectivity index (χ1n) is 11.0. The molecule has 0 fully saturated rings. The molecule has 172 valence electrons. The maximum Gasteiger partial charge on any atom is 0.275 e. The topological polar surface area (TPSA) is 85.9 Å². The van der Waals surface area contributed by atoms with Crippen molar-refractivity contribution in [3.63, 3.8) is 0 Å². The molecular formula is C25H27N3O5. The first-order chi connectivity index (χ1) is 16.1. The first-order valence-corrected chi connectivity index (χ1v) is 11.0. The number of ether oxygens (including phenoxy) is 4. The predicted octanol–water partition coefficient (Wildman–Crippen LogP) is 3.63. The minimum absolute atomic E-state index is 0.0786. The summed E-state index contributed by atoms with van der Waals surface area (Å²) in [5.41, 5.74) is 5.19. The van der Waals surface area contributed by atoms with E-state index in [-0.39, 0.29) is 5.91 Å². The van der Waals surface area contributed by atoms with E-state index in [1.807, 2.05) is 30.3 Å². The Hall–Kier alpha value is -3.68.